The summed E-state index contributed by atoms with van der Waals surface area (Å²) in [6, 6.07) is 31.3. The average molecular weight is 759 g/mol. The number of carbonyl (C=O) groups is 3. The van der Waals surface area contributed by atoms with E-state index in [0.29, 0.717) is 29.0 Å². The van der Waals surface area contributed by atoms with Crippen molar-refractivity contribution in [3.63, 3.8) is 0 Å². The summed E-state index contributed by atoms with van der Waals surface area (Å²) >= 11 is 3.58. The van der Waals surface area contributed by atoms with Gasteiger partial charge in [0.2, 0.25) is 14.3 Å². The molecule has 1 saturated heterocycles. The zero-order chi connectivity index (χ0) is 35.6. The van der Waals surface area contributed by atoms with E-state index in [2.05, 4.69) is 21.2 Å². The molecule has 1 fully saturated rings. The predicted octanol–water partition coefficient (Wildman–Crippen LogP) is 7.43. The number of halogens is 2. The Labute approximate surface area is 301 Å². The van der Waals surface area contributed by atoms with Gasteiger partial charge in [-0.1, -0.05) is 83.5 Å². The van der Waals surface area contributed by atoms with Crippen LogP contribution in [0.15, 0.2) is 108 Å². The number of anilines is 2. The van der Waals surface area contributed by atoms with Crippen molar-refractivity contribution in [2.45, 2.75) is 56.8 Å². The highest BCUT2D eigenvalue weighted by molar-refractivity contribution is 9.10. The molecule has 0 unspecified atom stereocenters. The smallest absolute Gasteiger partial charge is 0.264 e. The van der Waals surface area contributed by atoms with Crippen LogP contribution >= 0.6 is 15.9 Å². The number of hydrogen-bond donors (Lipinski definition) is 2. The lowest BCUT2D eigenvalue weighted by Gasteiger charge is -2.31. The normalized spacial score (nSPS) is 21.4. The first-order valence-electron chi connectivity index (χ1n) is 16.8. The molecule has 0 bridgehead atoms. The second-order valence-corrected chi connectivity index (χ2v) is 18.3. The highest BCUT2D eigenvalue weighted by Crippen LogP contribution is 2.60. The minimum absolute atomic E-state index is 0.121. The van der Waals surface area contributed by atoms with Gasteiger partial charge in [-0.05, 0) is 66.7 Å². The number of nitrogens with one attached hydrogen (secondary N) is 1. The molecule has 4 atom stereocenters. The molecule has 2 heterocycles. The zero-order valence-corrected chi connectivity index (χ0v) is 30.9. The Bertz CT molecular complexity index is 1870. The van der Waals surface area contributed by atoms with Gasteiger partial charge in [-0.25, -0.2) is 0 Å². The van der Waals surface area contributed by atoms with Gasteiger partial charge in [-0.3, -0.25) is 14.4 Å². The lowest BCUT2D eigenvalue weighted by atomic mass is 9.82. The number of amides is 3. The molecule has 3 amide bonds. The number of aliphatic hydroxyl groups excluding tert-OH is 1. The van der Waals surface area contributed by atoms with Crippen LogP contribution < -0.4 is 10.2 Å². The summed E-state index contributed by atoms with van der Waals surface area (Å²) in [4.78, 5) is 44.8. The fourth-order valence-electron chi connectivity index (χ4n) is 7.62. The SMILES string of the molecule is C[C@@H]1[C@@H]([Si](C)(C)F)[C@H](CC(=O)N(CCO)Cc2ccccc2)O[C@@]12C(=O)N(Cc1cccc(NC(=O)c3ccccc3)c1)c1ccc(Br)cc12. The van der Waals surface area contributed by atoms with Crippen LogP contribution in [0.1, 0.15) is 40.4 Å². The molecular formula is C39H41BrFN3O5Si. The summed E-state index contributed by atoms with van der Waals surface area (Å²) < 4.78 is 24.0. The van der Waals surface area contributed by atoms with Crippen molar-refractivity contribution >= 4 is 53.4 Å². The van der Waals surface area contributed by atoms with Crippen molar-refractivity contribution in [1.82, 2.24) is 4.90 Å². The fourth-order valence-corrected chi connectivity index (χ4v) is 10.5. The largest absolute Gasteiger partial charge is 0.395 e. The van der Waals surface area contributed by atoms with E-state index >= 15 is 4.11 Å². The van der Waals surface area contributed by atoms with E-state index < -0.39 is 31.6 Å². The highest BCUT2D eigenvalue weighted by Gasteiger charge is 2.67. The van der Waals surface area contributed by atoms with E-state index in [4.69, 9.17) is 4.74 Å². The average Bonchev–Trinajstić information content (AvgIpc) is 3.51. The predicted molar refractivity (Wildman–Crippen MR) is 198 cm³/mol. The summed E-state index contributed by atoms with van der Waals surface area (Å²) in [5, 5.41) is 12.7. The molecule has 1 spiro atoms. The molecular weight excluding hydrogens is 717 g/mol. The molecule has 2 aliphatic heterocycles. The summed E-state index contributed by atoms with van der Waals surface area (Å²) in [6.07, 6.45) is -0.975. The van der Waals surface area contributed by atoms with Crippen molar-refractivity contribution in [3.05, 3.63) is 130 Å². The Morgan fingerprint density at radius 3 is 2.34 bits per heavy atom. The summed E-state index contributed by atoms with van der Waals surface area (Å²) in [5.74, 6) is -1.40. The molecule has 8 nitrogen and oxygen atoms in total. The molecule has 6 rings (SSSR count). The van der Waals surface area contributed by atoms with E-state index in [1.54, 1.807) is 53.2 Å². The Morgan fingerprint density at radius 2 is 1.66 bits per heavy atom. The second kappa shape index (κ2) is 14.6. The lowest BCUT2D eigenvalue weighted by Crippen LogP contribution is -2.45. The molecule has 0 aliphatic carbocycles. The van der Waals surface area contributed by atoms with Gasteiger partial charge in [0, 0.05) is 45.8 Å². The van der Waals surface area contributed by atoms with Crippen LogP contribution in [0.4, 0.5) is 15.5 Å². The van der Waals surface area contributed by atoms with Crippen LogP contribution in [0.5, 0.6) is 0 Å². The van der Waals surface area contributed by atoms with Gasteiger partial charge in [-0.2, -0.15) is 0 Å². The summed E-state index contributed by atoms with van der Waals surface area (Å²) in [5.41, 5.74) is 1.93. The van der Waals surface area contributed by atoms with Gasteiger partial charge in [0.25, 0.3) is 11.8 Å². The Kier molecular flexibility index (Phi) is 10.4. The minimum atomic E-state index is -3.52. The number of ether oxygens (including phenoxy) is 1. The molecule has 2 N–H and O–H groups in total. The molecule has 0 radical (unpaired) electrons. The first-order valence-corrected chi connectivity index (χ1v) is 20.5. The fraction of sp³-hybridized carbons (Fsp3) is 0.308. The molecule has 0 saturated carbocycles. The molecule has 2 aliphatic rings. The molecule has 11 heteroatoms. The van der Waals surface area contributed by atoms with E-state index in [1.807, 2.05) is 79.7 Å². The van der Waals surface area contributed by atoms with E-state index in [9.17, 15) is 19.5 Å². The number of carbonyl (C=O) groups excluding carboxylic acids is 3. The number of aliphatic hydroxyl groups is 1. The van der Waals surface area contributed by atoms with Crippen molar-refractivity contribution < 1.29 is 28.3 Å². The van der Waals surface area contributed by atoms with Crippen LogP contribution in [0.3, 0.4) is 0 Å². The number of nitrogens with zero attached hydrogens (tertiary/aromatic N) is 2. The van der Waals surface area contributed by atoms with Crippen LogP contribution in [-0.4, -0.2) is 55.4 Å². The van der Waals surface area contributed by atoms with Crippen molar-refractivity contribution in [2.75, 3.05) is 23.4 Å². The van der Waals surface area contributed by atoms with Gasteiger partial charge < -0.3 is 29.1 Å². The summed E-state index contributed by atoms with van der Waals surface area (Å²) in [6.45, 7) is 5.47. The molecule has 50 heavy (non-hydrogen) atoms. The van der Waals surface area contributed by atoms with Gasteiger partial charge in [0.1, 0.15) is 0 Å². The topological polar surface area (TPSA) is 99.2 Å². The van der Waals surface area contributed by atoms with Gasteiger partial charge in [0.15, 0.2) is 5.60 Å². The van der Waals surface area contributed by atoms with Crippen LogP contribution in [-0.2, 0) is 33.0 Å². The lowest BCUT2D eigenvalue weighted by molar-refractivity contribution is -0.150. The van der Waals surface area contributed by atoms with E-state index in [0.717, 1.165) is 15.6 Å². The maximum absolute atomic E-state index is 16.4. The molecule has 0 aromatic heterocycles. The maximum Gasteiger partial charge on any atom is 0.264 e. The third kappa shape index (κ3) is 7.05. The second-order valence-electron chi connectivity index (χ2n) is 13.6. The van der Waals surface area contributed by atoms with E-state index in [1.165, 1.54) is 0 Å². The van der Waals surface area contributed by atoms with Crippen LogP contribution in [0, 0.1) is 5.92 Å². The first kappa shape index (κ1) is 35.7. The van der Waals surface area contributed by atoms with Crippen LogP contribution in [0.2, 0.25) is 18.6 Å². The highest BCUT2D eigenvalue weighted by atomic mass is 79.9. The van der Waals surface area contributed by atoms with Gasteiger partial charge in [0.05, 0.1) is 31.4 Å². The standard InChI is InChI=1S/C39H41BrFN3O5Si/c1-26-36(50(2,3)41)34(23-35(46)43(19-20-45)24-27-11-6-4-7-12-27)49-39(26)32-22-30(40)17-18-33(32)44(38(39)48)25-28-13-10-16-31(21-28)42-37(47)29-14-8-5-9-15-29/h4-18,21-22,26,34,36,45H,19-20,23-25H2,1-3H3,(H,42,47)/t26-,34+,36-,39+/m1/s1. The summed E-state index contributed by atoms with van der Waals surface area (Å²) in [7, 11) is -3.52. The first-order chi connectivity index (χ1) is 23.9. The zero-order valence-electron chi connectivity index (χ0n) is 28.3. The molecule has 260 valence electrons. The maximum atomic E-state index is 16.4. The van der Waals surface area contributed by atoms with Crippen LogP contribution in [0.25, 0.3) is 0 Å². The minimum Gasteiger partial charge on any atom is -0.395 e. The number of benzene rings is 4. The molecule has 4 aromatic carbocycles. The molecule has 4 aromatic rings. The van der Waals surface area contributed by atoms with Gasteiger partial charge in [-0.15, -0.1) is 0 Å². The van der Waals surface area contributed by atoms with Crippen molar-refractivity contribution in [3.8, 4) is 0 Å². The third-order valence-electron chi connectivity index (χ3n) is 9.80. The number of hydrogen-bond acceptors (Lipinski definition) is 5. The van der Waals surface area contributed by atoms with Gasteiger partial charge >= 0.3 is 0 Å². The van der Waals surface area contributed by atoms with Crippen molar-refractivity contribution in [2.24, 2.45) is 5.92 Å². The third-order valence-corrected chi connectivity index (χ3v) is 12.7. The van der Waals surface area contributed by atoms with E-state index in [-0.39, 0.29) is 43.8 Å². The Morgan fingerprint density at radius 1 is 0.980 bits per heavy atom. The quantitative estimate of drug-likeness (QED) is 0.123. The number of fused-ring (bicyclic) bond motifs is 2. The number of rotatable bonds is 11. The van der Waals surface area contributed by atoms with Crippen molar-refractivity contribution in [1.29, 1.82) is 0 Å². The monoisotopic (exact) mass is 757 g/mol. The Balaban J connectivity index is 1.30. The Hall–Kier alpha value is -4.16.